The van der Waals surface area contributed by atoms with E-state index in [0.29, 0.717) is 0 Å². The Morgan fingerprint density at radius 3 is 1.06 bits per heavy atom. The van der Waals surface area contributed by atoms with E-state index in [0.717, 1.165) is 22.1 Å². The molecule has 0 bridgehead atoms. The van der Waals surface area contributed by atoms with Crippen molar-refractivity contribution in [2.75, 3.05) is 41.3 Å². The van der Waals surface area contributed by atoms with Gasteiger partial charge in [0.1, 0.15) is 13.1 Å². The van der Waals surface area contributed by atoms with Crippen molar-refractivity contribution < 1.29 is 8.97 Å². The molecule has 0 aromatic heterocycles. The quantitative estimate of drug-likeness (QED) is 0.116. The van der Waals surface area contributed by atoms with Crippen LogP contribution in [-0.4, -0.2) is 50.2 Å². The van der Waals surface area contributed by atoms with Crippen molar-refractivity contribution in [2.45, 2.75) is 130 Å². The third-order valence-electron chi connectivity index (χ3n) is 7.55. The van der Waals surface area contributed by atoms with E-state index in [9.17, 15) is 0 Å². The summed E-state index contributed by atoms with van der Waals surface area (Å²) in [5.74, 6) is 0. The van der Waals surface area contributed by atoms with Crippen LogP contribution in [0.2, 0.25) is 0 Å². The zero-order chi connectivity index (χ0) is 25.1. The molecule has 0 saturated heterocycles. The summed E-state index contributed by atoms with van der Waals surface area (Å²) in [5.41, 5.74) is 3.13. The fourth-order valence-electron chi connectivity index (χ4n) is 5.29. The lowest BCUT2D eigenvalue weighted by Crippen LogP contribution is -2.42. The lowest BCUT2D eigenvalue weighted by atomic mass is 10.0. The van der Waals surface area contributed by atoms with Crippen LogP contribution in [0, 0.1) is 0 Å². The summed E-state index contributed by atoms with van der Waals surface area (Å²) in [6, 6.07) is 9.26. The molecule has 198 valence electrons. The van der Waals surface area contributed by atoms with Crippen molar-refractivity contribution in [3.05, 3.63) is 35.4 Å². The molecule has 0 saturated carbocycles. The highest BCUT2D eigenvalue weighted by atomic mass is 15.3. The Balaban J connectivity index is 2.40. The average molecular weight is 475 g/mol. The van der Waals surface area contributed by atoms with Gasteiger partial charge in [-0.1, -0.05) is 115 Å². The maximum absolute atomic E-state index is 2.43. The van der Waals surface area contributed by atoms with Gasteiger partial charge < -0.3 is 8.97 Å². The van der Waals surface area contributed by atoms with Crippen LogP contribution in [0.25, 0.3) is 0 Å². The first-order valence-corrected chi connectivity index (χ1v) is 15.0. The molecular formula is C32H62N2+2. The maximum Gasteiger partial charge on any atom is 0.104 e. The van der Waals surface area contributed by atoms with Crippen LogP contribution >= 0.6 is 0 Å². The van der Waals surface area contributed by atoms with Crippen LogP contribution in [0.3, 0.4) is 0 Å². The number of hydrogen-bond donors (Lipinski definition) is 0. The van der Waals surface area contributed by atoms with Crippen molar-refractivity contribution >= 4 is 0 Å². The molecule has 2 nitrogen and oxygen atoms in total. The fourth-order valence-corrected chi connectivity index (χ4v) is 5.29. The first-order valence-electron chi connectivity index (χ1n) is 15.0. The molecule has 1 rings (SSSR count). The van der Waals surface area contributed by atoms with Gasteiger partial charge in [-0.2, -0.15) is 0 Å². The number of unbranched alkanes of at least 4 members (excludes halogenated alkanes) is 14. The van der Waals surface area contributed by atoms with Gasteiger partial charge in [0.2, 0.25) is 0 Å². The molecule has 2 heteroatoms. The Morgan fingerprint density at radius 1 is 0.441 bits per heavy atom. The van der Waals surface area contributed by atoms with Crippen LogP contribution in [-0.2, 0) is 13.1 Å². The smallest absolute Gasteiger partial charge is 0.104 e. The van der Waals surface area contributed by atoms with Crippen molar-refractivity contribution in [3.8, 4) is 0 Å². The van der Waals surface area contributed by atoms with Gasteiger partial charge in [0.25, 0.3) is 0 Å². The van der Waals surface area contributed by atoms with Crippen LogP contribution in [0.15, 0.2) is 24.3 Å². The van der Waals surface area contributed by atoms with Gasteiger partial charge in [-0.25, -0.2) is 0 Å². The highest BCUT2D eigenvalue weighted by Crippen LogP contribution is 2.20. The summed E-state index contributed by atoms with van der Waals surface area (Å²) in [7, 11) is 9.72. The minimum atomic E-state index is 1.11. The zero-order valence-corrected chi connectivity index (χ0v) is 24.3. The molecule has 34 heavy (non-hydrogen) atoms. The molecule has 0 radical (unpaired) electrons. The molecule has 1 aromatic rings. The fraction of sp³-hybridized carbons (Fsp3) is 0.812. The molecule has 0 aliphatic rings. The molecule has 0 unspecified atom stereocenters. The van der Waals surface area contributed by atoms with E-state index in [1.54, 1.807) is 11.1 Å². The number of nitrogens with zero attached hydrogens (tertiary/aromatic N) is 2. The Hall–Kier alpha value is -0.860. The Labute approximate surface area is 215 Å². The Bertz CT molecular complexity index is 552. The molecule has 0 spiro atoms. The Morgan fingerprint density at radius 2 is 0.735 bits per heavy atom. The molecule has 0 N–H and O–H groups in total. The predicted molar refractivity (Wildman–Crippen MR) is 153 cm³/mol. The summed E-state index contributed by atoms with van der Waals surface area (Å²) in [6.45, 7) is 9.50. The lowest BCUT2D eigenvalue weighted by molar-refractivity contribution is -0.907. The highest BCUT2D eigenvalue weighted by Gasteiger charge is 2.22. The number of benzene rings is 1. The van der Waals surface area contributed by atoms with Gasteiger partial charge in [0, 0.05) is 11.1 Å². The van der Waals surface area contributed by atoms with Crippen LogP contribution < -0.4 is 0 Å². The van der Waals surface area contributed by atoms with Crippen LogP contribution in [0.1, 0.15) is 128 Å². The van der Waals surface area contributed by atoms with Crippen LogP contribution in [0.4, 0.5) is 0 Å². The lowest BCUT2D eigenvalue weighted by Gasteiger charge is -2.33. The molecule has 0 heterocycles. The maximum atomic E-state index is 2.43. The number of rotatable bonds is 22. The molecule has 0 aliphatic carbocycles. The van der Waals surface area contributed by atoms with Crippen molar-refractivity contribution in [1.82, 2.24) is 0 Å². The molecule has 0 aliphatic heterocycles. The van der Waals surface area contributed by atoms with E-state index < -0.39 is 0 Å². The van der Waals surface area contributed by atoms with E-state index in [1.807, 2.05) is 0 Å². The summed E-state index contributed by atoms with van der Waals surface area (Å²) >= 11 is 0. The minimum absolute atomic E-state index is 1.11. The summed E-state index contributed by atoms with van der Waals surface area (Å²) in [4.78, 5) is 0. The number of quaternary nitrogens is 2. The van der Waals surface area contributed by atoms with E-state index >= 15 is 0 Å². The average Bonchev–Trinajstić information content (AvgIpc) is 2.78. The molecule has 0 atom stereocenters. The second-order valence-corrected chi connectivity index (χ2v) is 12.4. The summed E-state index contributed by atoms with van der Waals surface area (Å²) in [6.07, 6.45) is 22.5. The van der Waals surface area contributed by atoms with Gasteiger partial charge in [0.05, 0.1) is 41.3 Å². The standard InChI is InChI=1S/C32H62N2/c1-7-9-11-13-15-17-19-23-27-33(3,4)29-31-25-21-22-26-32(31)30-34(5,6)28-24-20-18-16-14-12-10-8-2/h21-22,25-26H,7-20,23-24,27-30H2,1-6H3/q+2. The Kier molecular flexibility index (Phi) is 16.9. The van der Waals surface area contributed by atoms with E-state index in [1.165, 1.54) is 116 Å². The third-order valence-corrected chi connectivity index (χ3v) is 7.55. The molecule has 0 amide bonds. The van der Waals surface area contributed by atoms with Gasteiger partial charge in [0.15, 0.2) is 0 Å². The van der Waals surface area contributed by atoms with Gasteiger partial charge >= 0.3 is 0 Å². The van der Waals surface area contributed by atoms with Gasteiger partial charge in [-0.3, -0.25) is 0 Å². The van der Waals surface area contributed by atoms with Gasteiger partial charge in [-0.05, 0) is 25.7 Å². The van der Waals surface area contributed by atoms with E-state index in [2.05, 4.69) is 66.3 Å². The topological polar surface area (TPSA) is 0 Å². The molecule has 1 aromatic carbocycles. The monoisotopic (exact) mass is 474 g/mol. The second kappa shape index (κ2) is 18.4. The molecular weight excluding hydrogens is 412 g/mol. The van der Waals surface area contributed by atoms with Gasteiger partial charge in [-0.15, -0.1) is 0 Å². The minimum Gasteiger partial charge on any atom is -0.325 e. The van der Waals surface area contributed by atoms with E-state index in [-0.39, 0.29) is 0 Å². The normalized spacial score (nSPS) is 12.4. The van der Waals surface area contributed by atoms with E-state index in [4.69, 9.17) is 0 Å². The third kappa shape index (κ3) is 15.9. The number of hydrogen-bond acceptors (Lipinski definition) is 0. The van der Waals surface area contributed by atoms with Crippen molar-refractivity contribution in [1.29, 1.82) is 0 Å². The summed E-state index contributed by atoms with van der Waals surface area (Å²) in [5, 5.41) is 0. The zero-order valence-electron chi connectivity index (χ0n) is 24.3. The first-order chi connectivity index (χ1) is 16.3. The largest absolute Gasteiger partial charge is 0.325 e. The SMILES string of the molecule is CCCCCCCCCC[N+](C)(C)Cc1ccccc1C[N+](C)(C)CCCCCCCCCC. The highest BCUT2D eigenvalue weighted by molar-refractivity contribution is 5.25. The molecule has 0 fully saturated rings. The summed E-state index contributed by atoms with van der Waals surface area (Å²) < 4.78 is 2.22. The second-order valence-electron chi connectivity index (χ2n) is 12.4. The van der Waals surface area contributed by atoms with Crippen molar-refractivity contribution in [3.63, 3.8) is 0 Å². The predicted octanol–water partition coefficient (Wildman–Crippen LogP) is 9.12. The van der Waals surface area contributed by atoms with Crippen LogP contribution in [0.5, 0.6) is 0 Å². The van der Waals surface area contributed by atoms with Crippen molar-refractivity contribution in [2.24, 2.45) is 0 Å². The first kappa shape index (κ1) is 31.2.